The van der Waals surface area contributed by atoms with E-state index in [-0.39, 0.29) is 6.10 Å². The Bertz CT molecular complexity index is 107. The summed E-state index contributed by atoms with van der Waals surface area (Å²) in [6.07, 6.45) is 0.784. The van der Waals surface area contributed by atoms with Crippen LogP contribution in [0.5, 0.6) is 0 Å². The number of nitrogens with two attached hydrogens (primary N) is 1. The van der Waals surface area contributed by atoms with Crippen LogP contribution in [0.1, 0.15) is 20.3 Å². The second-order valence-corrected chi connectivity index (χ2v) is 2.81. The SMILES string of the molecule is C=NOCC(CC(C)C)ON. The first-order chi connectivity index (χ1) is 5.20. The molecule has 0 fully saturated rings. The van der Waals surface area contributed by atoms with Crippen LogP contribution in [0, 0.1) is 5.92 Å². The van der Waals surface area contributed by atoms with Gasteiger partial charge in [0, 0.05) is 6.72 Å². The molecule has 1 unspecified atom stereocenters. The van der Waals surface area contributed by atoms with E-state index >= 15 is 0 Å². The van der Waals surface area contributed by atoms with E-state index in [9.17, 15) is 0 Å². The van der Waals surface area contributed by atoms with Crippen LogP contribution in [-0.2, 0) is 9.68 Å². The highest BCUT2D eigenvalue weighted by molar-refractivity contribution is 5.21. The Morgan fingerprint density at radius 1 is 1.55 bits per heavy atom. The summed E-state index contributed by atoms with van der Waals surface area (Å²) < 4.78 is 0. The minimum atomic E-state index is -0.0829. The highest BCUT2D eigenvalue weighted by Crippen LogP contribution is 2.06. The van der Waals surface area contributed by atoms with Gasteiger partial charge in [-0.2, -0.15) is 0 Å². The molecule has 0 aliphatic heterocycles. The molecule has 0 spiro atoms. The van der Waals surface area contributed by atoms with Crippen molar-refractivity contribution in [2.75, 3.05) is 6.61 Å². The minimum Gasteiger partial charge on any atom is -0.393 e. The van der Waals surface area contributed by atoms with Crippen molar-refractivity contribution in [3.05, 3.63) is 0 Å². The summed E-state index contributed by atoms with van der Waals surface area (Å²) in [6.45, 7) is 7.73. The molecule has 0 aromatic heterocycles. The normalized spacial score (nSPS) is 13.1. The number of hydrogen-bond acceptors (Lipinski definition) is 4. The molecule has 0 aromatic rings. The fourth-order valence-electron chi connectivity index (χ4n) is 0.825. The quantitative estimate of drug-likeness (QED) is 0.464. The first-order valence-electron chi connectivity index (χ1n) is 3.64. The Labute approximate surface area is 67.3 Å². The summed E-state index contributed by atoms with van der Waals surface area (Å²) in [7, 11) is 0. The Balaban J connectivity index is 3.48. The number of nitrogens with zero attached hydrogens (tertiary/aromatic N) is 1. The summed E-state index contributed by atoms with van der Waals surface area (Å²) in [5.41, 5.74) is 0. The van der Waals surface area contributed by atoms with E-state index < -0.39 is 0 Å². The monoisotopic (exact) mass is 160 g/mol. The van der Waals surface area contributed by atoms with Gasteiger partial charge in [0.2, 0.25) is 0 Å². The molecule has 0 aliphatic rings. The molecule has 0 heterocycles. The summed E-state index contributed by atoms with van der Waals surface area (Å²) in [6, 6.07) is 0. The van der Waals surface area contributed by atoms with Gasteiger partial charge in [0.15, 0.2) is 0 Å². The van der Waals surface area contributed by atoms with Crippen molar-refractivity contribution in [1.82, 2.24) is 0 Å². The molecule has 4 heteroatoms. The lowest BCUT2D eigenvalue weighted by Crippen LogP contribution is -2.24. The van der Waals surface area contributed by atoms with Gasteiger partial charge in [-0.3, -0.25) is 4.84 Å². The van der Waals surface area contributed by atoms with Crippen LogP contribution in [0.3, 0.4) is 0 Å². The molecule has 0 radical (unpaired) electrons. The molecule has 0 aliphatic carbocycles. The molecule has 4 nitrogen and oxygen atoms in total. The largest absolute Gasteiger partial charge is 0.393 e. The molecular formula is C7H16N2O2. The van der Waals surface area contributed by atoms with E-state index in [0.29, 0.717) is 12.5 Å². The van der Waals surface area contributed by atoms with Crippen molar-refractivity contribution in [2.45, 2.75) is 26.4 Å². The Morgan fingerprint density at radius 2 is 2.18 bits per heavy atom. The number of rotatable bonds is 6. The third kappa shape index (κ3) is 5.82. The van der Waals surface area contributed by atoms with Gasteiger partial charge in [-0.25, -0.2) is 5.90 Å². The van der Waals surface area contributed by atoms with Gasteiger partial charge in [-0.1, -0.05) is 13.8 Å². The molecule has 0 rings (SSSR count). The Hall–Kier alpha value is -0.610. The maximum absolute atomic E-state index is 5.02. The average Bonchev–Trinajstić information content (AvgIpc) is 1.97. The van der Waals surface area contributed by atoms with Crippen LogP contribution < -0.4 is 5.90 Å². The maximum atomic E-state index is 5.02. The molecule has 0 bridgehead atoms. The van der Waals surface area contributed by atoms with Crippen LogP contribution in [0.2, 0.25) is 0 Å². The van der Waals surface area contributed by atoms with Crippen LogP contribution >= 0.6 is 0 Å². The topological polar surface area (TPSA) is 56.8 Å². The molecule has 2 N–H and O–H groups in total. The van der Waals surface area contributed by atoms with Crippen molar-refractivity contribution >= 4 is 6.72 Å². The molecule has 0 saturated heterocycles. The predicted octanol–water partition coefficient (Wildman–Crippen LogP) is 0.924. The third-order valence-electron chi connectivity index (χ3n) is 1.28. The third-order valence-corrected chi connectivity index (χ3v) is 1.28. The van der Waals surface area contributed by atoms with Crippen molar-refractivity contribution in [3.63, 3.8) is 0 Å². The van der Waals surface area contributed by atoms with E-state index in [4.69, 9.17) is 10.7 Å². The zero-order valence-electron chi connectivity index (χ0n) is 7.12. The molecule has 0 saturated carbocycles. The van der Waals surface area contributed by atoms with Gasteiger partial charge in [0.1, 0.15) is 12.7 Å². The van der Waals surface area contributed by atoms with Gasteiger partial charge in [0.05, 0.1) is 0 Å². The first-order valence-corrected chi connectivity index (χ1v) is 3.64. The van der Waals surface area contributed by atoms with E-state index in [1.54, 1.807) is 0 Å². The lowest BCUT2D eigenvalue weighted by atomic mass is 10.1. The molecule has 0 aromatic carbocycles. The fraction of sp³-hybridized carbons (Fsp3) is 0.857. The molecular weight excluding hydrogens is 144 g/mol. The van der Waals surface area contributed by atoms with Crippen molar-refractivity contribution in [2.24, 2.45) is 17.0 Å². The smallest absolute Gasteiger partial charge is 0.145 e. The molecule has 1 atom stereocenters. The van der Waals surface area contributed by atoms with Crippen LogP contribution in [0.15, 0.2) is 5.16 Å². The number of hydrogen-bond donors (Lipinski definition) is 1. The summed E-state index contributed by atoms with van der Waals surface area (Å²) in [5.74, 6) is 5.56. The standard InChI is InChI=1S/C7H16N2O2/c1-6(2)4-7(11-8)5-10-9-3/h6-7H,3-5,8H2,1-2H3. The van der Waals surface area contributed by atoms with Crippen molar-refractivity contribution in [1.29, 1.82) is 0 Å². The van der Waals surface area contributed by atoms with Gasteiger partial charge in [-0.05, 0) is 12.3 Å². The summed E-state index contributed by atoms with van der Waals surface area (Å²) in [5, 5.41) is 3.25. The molecule has 66 valence electrons. The second kappa shape index (κ2) is 6.12. The molecule has 0 amide bonds. The lowest BCUT2D eigenvalue weighted by molar-refractivity contribution is -0.0255. The zero-order valence-corrected chi connectivity index (χ0v) is 7.12. The number of oxime groups is 1. The van der Waals surface area contributed by atoms with Crippen LogP contribution in [0.4, 0.5) is 0 Å². The van der Waals surface area contributed by atoms with Gasteiger partial charge in [0.25, 0.3) is 0 Å². The van der Waals surface area contributed by atoms with E-state index in [1.807, 2.05) is 0 Å². The van der Waals surface area contributed by atoms with Crippen LogP contribution in [0.25, 0.3) is 0 Å². The predicted molar refractivity (Wildman–Crippen MR) is 44.0 cm³/mol. The van der Waals surface area contributed by atoms with Gasteiger partial charge in [-0.15, -0.1) is 5.16 Å². The van der Waals surface area contributed by atoms with Gasteiger partial charge < -0.3 is 4.84 Å². The summed E-state index contributed by atoms with van der Waals surface area (Å²) in [4.78, 5) is 9.35. The Morgan fingerprint density at radius 3 is 2.55 bits per heavy atom. The van der Waals surface area contributed by atoms with Crippen molar-refractivity contribution in [3.8, 4) is 0 Å². The van der Waals surface area contributed by atoms with E-state index in [0.717, 1.165) is 6.42 Å². The highest BCUT2D eigenvalue weighted by Gasteiger charge is 2.10. The first kappa shape index (κ1) is 10.4. The average molecular weight is 160 g/mol. The second-order valence-electron chi connectivity index (χ2n) is 2.81. The molecule has 11 heavy (non-hydrogen) atoms. The maximum Gasteiger partial charge on any atom is 0.145 e. The van der Waals surface area contributed by atoms with Crippen molar-refractivity contribution < 1.29 is 9.68 Å². The summed E-state index contributed by atoms with van der Waals surface area (Å²) >= 11 is 0. The van der Waals surface area contributed by atoms with Gasteiger partial charge >= 0.3 is 0 Å². The highest BCUT2D eigenvalue weighted by atomic mass is 16.7. The van der Waals surface area contributed by atoms with Crippen LogP contribution in [-0.4, -0.2) is 19.4 Å². The fourth-order valence-corrected chi connectivity index (χ4v) is 0.825. The zero-order chi connectivity index (χ0) is 8.69. The van der Waals surface area contributed by atoms with E-state index in [2.05, 4.69) is 30.6 Å². The minimum absolute atomic E-state index is 0.0829. The lowest BCUT2D eigenvalue weighted by Gasteiger charge is -2.14. The Kier molecular flexibility index (Phi) is 5.78. The van der Waals surface area contributed by atoms with E-state index in [1.165, 1.54) is 0 Å².